The van der Waals surface area contributed by atoms with Crippen molar-refractivity contribution in [3.05, 3.63) is 35.9 Å². The van der Waals surface area contributed by atoms with Gasteiger partial charge in [-0.25, -0.2) is 0 Å². The number of hydrogen-bond donors (Lipinski definition) is 1. The second-order valence-electron chi connectivity index (χ2n) is 5.39. The Morgan fingerprint density at radius 3 is 2.67 bits per heavy atom. The standard InChI is InChI=1S/C16H21NO4/c1-17(14-11-21-10-13(14)16(19)20)15(18)9-5-8-12-6-3-2-4-7-12/h2-4,6-7,13-14H,5,8-11H2,1H3,(H,19,20). The fourth-order valence-corrected chi connectivity index (χ4v) is 2.61. The van der Waals surface area contributed by atoms with Crippen molar-refractivity contribution in [3.8, 4) is 0 Å². The number of rotatable bonds is 6. The molecule has 1 fully saturated rings. The second-order valence-corrected chi connectivity index (χ2v) is 5.39. The number of nitrogens with zero attached hydrogens (tertiary/aromatic N) is 1. The van der Waals surface area contributed by atoms with Crippen LogP contribution in [0.1, 0.15) is 18.4 Å². The van der Waals surface area contributed by atoms with Crippen molar-refractivity contribution in [3.63, 3.8) is 0 Å². The smallest absolute Gasteiger partial charge is 0.311 e. The van der Waals surface area contributed by atoms with Crippen molar-refractivity contribution >= 4 is 11.9 Å². The van der Waals surface area contributed by atoms with Gasteiger partial charge in [0.25, 0.3) is 0 Å². The zero-order chi connectivity index (χ0) is 15.2. The van der Waals surface area contributed by atoms with Gasteiger partial charge in [-0.2, -0.15) is 0 Å². The molecule has 1 saturated heterocycles. The molecule has 1 N–H and O–H groups in total. The van der Waals surface area contributed by atoms with Crippen LogP contribution in [0.15, 0.2) is 30.3 Å². The Labute approximate surface area is 124 Å². The third kappa shape index (κ3) is 4.04. The Hall–Kier alpha value is -1.88. The van der Waals surface area contributed by atoms with E-state index < -0.39 is 11.9 Å². The Bertz CT molecular complexity index is 488. The zero-order valence-corrected chi connectivity index (χ0v) is 12.2. The minimum atomic E-state index is -0.901. The quantitative estimate of drug-likeness (QED) is 0.864. The molecule has 1 aromatic rings. The second kappa shape index (κ2) is 7.22. The third-order valence-electron chi connectivity index (χ3n) is 3.96. The van der Waals surface area contributed by atoms with Crippen molar-refractivity contribution in [2.75, 3.05) is 20.3 Å². The summed E-state index contributed by atoms with van der Waals surface area (Å²) >= 11 is 0. The topological polar surface area (TPSA) is 66.8 Å². The summed E-state index contributed by atoms with van der Waals surface area (Å²) in [5, 5.41) is 9.12. The molecule has 0 bridgehead atoms. The van der Waals surface area contributed by atoms with Crippen LogP contribution in [0.4, 0.5) is 0 Å². The summed E-state index contributed by atoms with van der Waals surface area (Å²) < 4.78 is 5.20. The largest absolute Gasteiger partial charge is 0.481 e. The molecule has 1 aliphatic heterocycles. The molecule has 5 nitrogen and oxygen atoms in total. The summed E-state index contributed by atoms with van der Waals surface area (Å²) in [6.07, 6.45) is 2.04. The average molecular weight is 291 g/mol. The van der Waals surface area contributed by atoms with Gasteiger partial charge in [0.1, 0.15) is 5.92 Å². The summed E-state index contributed by atoms with van der Waals surface area (Å²) in [5.74, 6) is -1.54. The van der Waals surface area contributed by atoms with Crippen molar-refractivity contribution in [2.45, 2.75) is 25.3 Å². The lowest BCUT2D eigenvalue weighted by molar-refractivity contribution is -0.144. The lowest BCUT2D eigenvalue weighted by Crippen LogP contribution is -2.44. The van der Waals surface area contributed by atoms with Gasteiger partial charge in [0, 0.05) is 13.5 Å². The SMILES string of the molecule is CN(C(=O)CCCc1ccccc1)C1COCC1C(=O)O. The molecule has 1 aromatic carbocycles. The van der Waals surface area contributed by atoms with E-state index in [2.05, 4.69) is 0 Å². The van der Waals surface area contributed by atoms with Gasteiger partial charge in [-0.05, 0) is 18.4 Å². The lowest BCUT2D eigenvalue weighted by Gasteiger charge is -2.26. The van der Waals surface area contributed by atoms with E-state index in [-0.39, 0.29) is 18.6 Å². The molecule has 1 heterocycles. The monoisotopic (exact) mass is 291 g/mol. The molecule has 0 radical (unpaired) electrons. The van der Waals surface area contributed by atoms with Crippen LogP contribution in [0.25, 0.3) is 0 Å². The maximum atomic E-state index is 12.2. The fourth-order valence-electron chi connectivity index (χ4n) is 2.61. The Balaban J connectivity index is 1.81. The number of carbonyl (C=O) groups excluding carboxylic acids is 1. The molecule has 2 atom stereocenters. The predicted molar refractivity (Wildman–Crippen MR) is 77.9 cm³/mol. The van der Waals surface area contributed by atoms with Gasteiger partial charge < -0.3 is 14.7 Å². The van der Waals surface area contributed by atoms with Crippen molar-refractivity contribution in [1.29, 1.82) is 0 Å². The number of ether oxygens (including phenoxy) is 1. The van der Waals surface area contributed by atoms with Gasteiger partial charge in [-0.3, -0.25) is 9.59 Å². The zero-order valence-electron chi connectivity index (χ0n) is 12.2. The first-order valence-corrected chi connectivity index (χ1v) is 7.19. The number of amides is 1. The number of carbonyl (C=O) groups is 2. The van der Waals surface area contributed by atoms with Gasteiger partial charge in [0.15, 0.2) is 0 Å². The number of hydrogen-bond acceptors (Lipinski definition) is 3. The van der Waals surface area contributed by atoms with E-state index in [1.54, 1.807) is 7.05 Å². The van der Waals surface area contributed by atoms with E-state index in [0.29, 0.717) is 13.0 Å². The van der Waals surface area contributed by atoms with Gasteiger partial charge in [0.2, 0.25) is 5.91 Å². The molecule has 1 amide bonds. The van der Waals surface area contributed by atoms with Crippen LogP contribution >= 0.6 is 0 Å². The Morgan fingerprint density at radius 1 is 1.29 bits per heavy atom. The molecule has 0 aromatic heterocycles. The Morgan fingerprint density at radius 2 is 2.00 bits per heavy atom. The first-order valence-electron chi connectivity index (χ1n) is 7.19. The molecule has 0 aliphatic carbocycles. The maximum absolute atomic E-state index is 12.2. The van der Waals surface area contributed by atoms with Gasteiger partial charge >= 0.3 is 5.97 Å². The van der Waals surface area contributed by atoms with Crippen LogP contribution in [-0.4, -0.2) is 48.2 Å². The molecule has 114 valence electrons. The maximum Gasteiger partial charge on any atom is 0.311 e. The number of likely N-dealkylation sites (N-methyl/N-ethyl adjacent to an activating group) is 1. The number of benzene rings is 1. The molecule has 2 unspecified atom stereocenters. The third-order valence-corrected chi connectivity index (χ3v) is 3.96. The van der Waals surface area contributed by atoms with Crippen LogP contribution in [0.5, 0.6) is 0 Å². The van der Waals surface area contributed by atoms with E-state index in [1.165, 1.54) is 10.5 Å². The van der Waals surface area contributed by atoms with Crippen LogP contribution in [-0.2, 0) is 20.7 Å². The van der Waals surface area contributed by atoms with E-state index >= 15 is 0 Å². The highest BCUT2D eigenvalue weighted by Gasteiger charge is 2.38. The van der Waals surface area contributed by atoms with Crippen LogP contribution in [0, 0.1) is 5.92 Å². The van der Waals surface area contributed by atoms with E-state index in [0.717, 1.165) is 12.8 Å². The first-order chi connectivity index (χ1) is 10.1. The van der Waals surface area contributed by atoms with Crippen molar-refractivity contribution in [1.82, 2.24) is 4.90 Å². The molecule has 0 saturated carbocycles. The van der Waals surface area contributed by atoms with Crippen LogP contribution in [0.2, 0.25) is 0 Å². The van der Waals surface area contributed by atoms with Crippen molar-refractivity contribution < 1.29 is 19.4 Å². The molecular weight excluding hydrogens is 270 g/mol. The molecule has 1 aliphatic rings. The highest BCUT2D eigenvalue weighted by molar-refractivity contribution is 5.78. The summed E-state index contributed by atoms with van der Waals surface area (Å²) in [6.45, 7) is 0.486. The fraction of sp³-hybridized carbons (Fsp3) is 0.500. The highest BCUT2D eigenvalue weighted by Crippen LogP contribution is 2.20. The minimum Gasteiger partial charge on any atom is -0.481 e. The predicted octanol–water partition coefficient (Wildman–Crippen LogP) is 1.57. The molecule has 21 heavy (non-hydrogen) atoms. The Kier molecular flexibility index (Phi) is 5.33. The highest BCUT2D eigenvalue weighted by atomic mass is 16.5. The minimum absolute atomic E-state index is 0.0207. The summed E-state index contributed by atoms with van der Waals surface area (Å²) in [7, 11) is 1.67. The summed E-state index contributed by atoms with van der Waals surface area (Å²) in [5.41, 5.74) is 1.21. The molecular formula is C16H21NO4. The van der Waals surface area contributed by atoms with E-state index in [9.17, 15) is 9.59 Å². The van der Waals surface area contributed by atoms with E-state index in [1.807, 2.05) is 30.3 Å². The molecule has 2 rings (SSSR count). The molecule has 5 heteroatoms. The number of carboxylic acids is 1. The lowest BCUT2D eigenvalue weighted by atomic mass is 10.0. The van der Waals surface area contributed by atoms with Crippen molar-refractivity contribution in [2.24, 2.45) is 5.92 Å². The first kappa shape index (κ1) is 15.5. The van der Waals surface area contributed by atoms with Crippen LogP contribution < -0.4 is 0 Å². The number of carboxylic acid groups (broad SMARTS) is 1. The van der Waals surface area contributed by atoms with E-state index in [4.69, 9.17) is 9.84 Å². The number of aryl methyl sites for hydroxylation is 1. The van der Waals surface area contributed by atoms with Crippen LogP contribution in [0.3, 0.4) is 0 Å². The number of aliphatic carboxylic acids is 1. The van der Waals surface area contributed by atoms with Gasteiger partial charge in [-0.15, -0.1) is 0 Å². The average Bonchev–Trinajstić information content (AvgIpc) is 2.97. The summed E-state index contributed by atoms with van der Waals surface area (Å²) in [6, 6.07) is 9.66. The van der Waals surface area contributed by atoms with Gasteiger partial charge in [-0.1, -0.05) is 30.3 Å². The molecule has 0 spiro atoms. The normalized spacial score (nSPS) is 21.2. The van der Waals surface area contributed by atoms with Gasteiger partial charge in [0.05, 0.1) is 19.3 Å². The summed E-state index contributed by atoms with van der Waals surface area (Å²) in [4.78, 5) is 24.8.